The van der Waals surface area contributed by atoms with Gasteiger partial charge in [-0.15, -0.1) is 0 Å². The number of carbonyl (C=O) groups is 1. The Hall–Kier alpha value is -2.82. The highest BCUT2D eigenvalue weighted by Gasteiger charge is 2.49. The molecule has 1 aliphatic heterocycles. The van der Waals surface area contributed by atoms with Crippen molar-refractivity contribution in [3.8, 4) is 16.9 Å². The van der Waals surface area contributed by atoms with Crippen LogP contribution >= 0.6 is 0 Å². The molecule has 0 radical (unpaired) electrons. The number of rotatable bonds is 6. The maximum absolute atomic E-state index is 12.3. The van der Waals surface area contributed by atoms with Crippen LogP contribution in [0, 0.1) is 11.3 Å². The lowest BCUT2D eigenvalue weighted by atomic mass is 9.84. The Morgan fingerprint density at radius 3 is 2.63 bits per heavy atom. The number of phenols is 1. The summed E-state index contributed by atoms with van der Waals surface area (Å²) in [7, 11) is 0. The van der Waals surface area contributed by atoms with E-state index in [-0.39, 0.29) is 35.5 Å². The number of benzene rings is 2. The fraction of sp³-hybridized carbons (Fsp3) is 0.364. The number of phenolic OH excluding ortho intramolecular Hbond substituents is 1. The SMILES string of the molecule is N=C(N)CCCCC1C(=O)O[C@H]2Cc3cc(-c4ccc(O)cc4)ccc3[C@H]12. The lowest BCUT2D eigenvalue weighted by Gasteiger charge is -2.16. The second-order valence-corrected chi connectivity index (χ2v) is 7.54. The number of hydrogen-bond acceptors (Lipinski definition) is 4. The average Bonchev–Trinajstić information content (AvgIpc) is 3.13. The molecule has 2 aromatic rings. The number of amidine groups is 1. The van der Waals surface area contributed by atoms with Gasteiger partial charge in [-0.05, 0) is 47.2 Å². The summed E-state index contributed by atoms with van der Waals surface area (Å²) in [5.74, 6) is 0.423. The van der Waals surface area contributed by atoms with Crippen LogP contribution in [0.3, 0.4) is 0 Å². The Morgan fingerprint density at radius 2 is 1.89 bits per heavy atom. The van der Waals surface area contributed by atoms with Crippen molar-refractivity contribution in [2.24, 2.45) is 11.7 Å². The van der Waals surface area contributed by atoms with E-state index in [1.165, 1.54) is 11.1 Å². The second-order valence-electron chi connectivity index (χ2n) is 7.54. The number of ether oxygens (including phenoxy) is 1. The predicted molar refractivity (Wildman–Crippen MR) is 104 cm³/mol. The molecule has 1 fully saturated rings. The summed E-state index contributed by atoms with van der Waals surface area (Å²) in [5, 5.41) is 16.8. The van der Waals surface area contributed by atoms with Crippen LogP contribution in [-0.4, -0.2) is 23.0 Å². The molecule has 3 atom stereocenters. The molecule has 1 heterocycles. The van der Waals surface area contributed by atoms with E-state index in [1.807, 2.05) is 12.1 Å². The number of unbranched alkanes of at least 4 members (excludes halogenated alkanes) is 1. The molecule has 4 rings (SSSR count). The largest absolute Gasteiger partial charge is 0.508 e. The smallest absolute Gasteiger partial charge is 0.310 e. The zero-order chi connectivity index (χ0) is 19.0. The molecule has 2 aliphatic rings. The number of esters is 1. The fourth-order valence-electron chi connectivity index (χ4n) is 4.44. The van der Waals surface area contributed by atoms with Crippen LogP contribution in [0.2, 0.25) is 0 Å². The minimum Gasteiger partial charge on any atom is -0.508 e. The summed E-state index contributed by atoms with van der Waals surface area (Å²) in [5.41, 5.74) is 10.1. The average molecular weight is 364 g/mol. The third-order valence-electron chi connectivity index (χ3n) is 5.74. The van der Waals surface area contributed by atoms with Crippen molar-refractivity contribution >= 4 is 11.8 Å². The Balaban J connectivity index is 1.52. The zero-order valence-corrected chi connectivity index (χ0v) is 15.2. The maximum atomic E-state index is 12.3. The summed E-state index contributed by atoms with van der Waals surface area (Å²) in [6.45, 7) is 0. The second kappa shape index (κ2) is 7.06. The van der Waals surface area contributed by atoms with Gasteiger partial charge in [0.05, 0.1) is 11.8 Å². The Labute approximate surface area is 158 Å². The van der Waals surface area contributed by atoms with Gasteiger partial charge in [-0.1, -0.05) is 36.8 Å². The molecule has 0 saturated carbocycles. The lowest BCUT2D eigenvalue weighted by Crippen LogP contribution is -2.15. The third-order valence-corrected chi connectivity index (χ3v) is 5.74. The number of hydrogen-bond donors (Lipinski definition) is 3. The van der Waals surface area contributed by atoms with E-state index in [2.05, 4.69) is 18.2 Å². The molecule has 27 heavy (non-hydrogen) atoms. The molecule has 1 aliphatic carbocycles. The van der Waals surface area contributed by atoms with Crippen LogP contribution in [-0.2, 0) is 16.0 Å². The molecular weight excluding hydrogens is 340 g/mol. The molecule has 140 valence electrons. The fourth-order valence-corrected chi connectivity index (χ4v) is 4.44. The van der Waals surface area contributed by atoms with Gasteiger partial charge in [0.1, 0.15) is 11.9 Å². The van der Waals surface area contributed by atoms with E-state index in [0.29, 0.717) is 6.42 Å². The first-order valence-electron chi connectivity index (χ1n) is 9.48. The van der Waals surface area contributed by atoms with Crippen molar-refractivity contribution in [3.63, 3.8) is 0 Å². The first-order valence-corrected chi connectivity index (χ1v) is 9.48. The number of fused-ring (bicyclic) bond motifs is 3. The molecule has 5 nitrogen and oxygen atoms in total. The number of aromatic hydroxyl groups is 1. The number of nitrogens with one attached hydrogen (secondary N) is 1. The van der Waals surface area contributed by atoms with Gasteiger partial charge in [-0.2, -0.15) is 0 Å². The van der Waals surface area contributed by atoms with Crippen molar-refractivity contribution in [1.82, 2.24) is 0 Å². The number of nitrogens with two attached hydrogens (primary N) is 1. The standard InChI is InChI=1S/C22H24N2O3/c23-20(24)4-2-1-3-18-21-17-10-7-14(13-5-8-16(25)9-6-13)11-15(17)12-19(21)27-22(18)26/h5-11,18-19,21,25H,1-4,12H2,(H3,23,24)/t18?,19-,21+/m0/s1. The van der Waals surface area contributed by atoms with Gasteiger partial charge in [0.25, 0.3) is 0 Å². The van der Waals surface area contributed by atoms with Gasteiger partial charge < -0.3 is 15.6 Å². The Bertz CT molecular complexity index is 876. The molecular formula is C22H24N2O3. The molecule has 1 unspecified atom stereocenters. The van der Waals surface area contributed by atoms with Crippen molar-refractivity contribution < 1.29 is 14.6 Å². The zero-order valence-electron chi connectivity index (χ0n) is 15.2. The first-order chi connectivity index (χ1) is 13.0. The highest BCUT2D eigenvalue weighted by atomic mass is 16.6. The molecule has 2 aromatic carbocycles. The van der Waals surface area contributed by atoms with Crippen LogP contribution in [0.5, 0.6) is 5.75 Å². The summed E-state index contributed by atoms with van der Waals surface area (Å²) >= 11 is 0. The summed E-state index contributed by atoms with van der Waals surface area (Å²) in [6, 6.07) is 13.6. The van der Waals surface area contributed by atoms with Crippen LogP contribution in [0.25, 0.3) is 11.1 Å². The molecule has 0 aromatic heterocycles. The summed E-state index contributed by atoms with van der Waals surface area (Å²) in [6.07, 6.45) is 3.80. The van der Waals surface area contributed by atoms with E-state index >= 15 is 0 Å². The third kappa shape index (κ3) is 3.42. The van der Waals surface area contributed by atoms with E-state index in [1.54, 1.807) is 12.1 Å². The van der Waals surface area contributed by atoms with Crippen LogP contribution in [0.4, 0.5) is 0 Å². The van der Waals surface area contributed by atoms with Crippen LogP contribution in [0.1, 0.15) is 42.7 Å². The normalized spacial score (nSPS) is 23.0. The Kier molecular flexibility index (Phi) is 4.60. The van der Waals surface area contributed by atoms with Gasteiger partial charge in [0.2, 0.25) is 0 Å². The molecule has 1 saturated heterocycles. The highest BCUT2D eigenvalue weighted by Crippen LogP contribution is 2.48. The Morgan fingerprint density at radius 1 is 1.15 bits per heavy atom. The van der Waals surface area contributed by atoms with Crippen molar-refractivity contribution in [1.29, 1.82) is 5.41 Å². The van der Waals surface area contributed by atoms with Crippen LogP contribution in [0.15, 0.2) is 42.5 Å². The monoisotopic (exact) mass is 364 g/mol. The van der Waals surface area contributed by atoms with Gasteiger partial charge in [-0.25, -0.2) is 0 Å². The minimum atomic E-state index is -0.0947. The minimum absolute atomic E-state index is 0.0552. The predicted octanol–water partition coefficient (Wildman–Crippen LogP) is 3.74. The van der Waals surface area contributed by atoms with Gasteiger partial charge in [-0.3, -0.25) is 10.2 Å². The van der Waals surface area contributed by atoms with E-state index in [9.17, 15) is 9.90 Å². The lowest BCUT2D eigenvalue weighted by molar-refractivity contribution is -0.144. The van der Waals surface area contributed by atoms with Gasteiger partial charge >= 0.3 is 5.97 Å². The van der Waals surface area contributed by atoms with Gasteiger partial charge in [0.15, 0.2) is 0 Å². The number of carbonyl (C=O) groups excluding carboxylic acids is 1. The maximum Gasteiger partial charge on any atom is 0.310 e. The summed E-state index contributed by atoms with van der Waals surface area (Å²) < 4.78 is 5.68. The molecule has 4 N–H and O–H groups in total. The quantitative estimate of drug-likeness (QED) is 0.315. The topological polar surface area (TPSA) is 96.4 Å². The van der Waals surface area contributed by atoms with E-state index < -0.39 is 0 Å². The van der Waals surface area contributed by atoms with Crippen LogP contribution < -0.4 is 5.73 Å². The van der Waals surface area contributed by atoms with E-state index in [0.717, 1.165) is 36.8 Å². The van der Waals surface area contributed by atoms with E-state index in [4.69, 9.17) is 15.9 Å². The molecule has 0 bridgehead atoms. The first kappa shape index (κ1) is 17.6. The molecule has 5 heteroatoms. The molecule has 0 spiro atoms. The van der Waals surface area contributed by atoms with Gasteiger partial charge in [0, 0.05) is 18.8 Å². The summed E-state index contributed by atoms with van der Waals surface area (Å²) in [4.78, 5) is 12.3. The van der Waals surface area contributed by atoms with Crippen molar-refractivity contribution in [2.75, 3.05) is 0 Å². The van der Waals surface area contributed by atoms with Crippen molar-refractivity contribution in [3.05, 3.63) is 53.6 Å². The highest BCUT2D eigenvalue weighted by molar-refractivity contribution is 5.78. The van der Waals surface area contributed by atoms with Crippen molar-refractivity contribution in [2.45, 2.75) is 44.1 Å². The molecule has 0 amide bonds.